The molecular weight excluding hydrogens is 410 g/mol. The molecule has 31 heavy (non-hydrogen) atoms. The molecule has 2 unspecified atom stereocenters. The van der Waals surface area contributed by atoms with Crippen LogP contribution in [0.25, 0.3) is 0 Å². The second kappa shape index (κ2) is 10.9. The monoisotopic (exact) mass is 435 g/mol. The molecule has 0 spiro atoms. The Morgan fingerprint density at radius 3 is 2.42 bits per heavy atom. The van der Waals surface area contributed by atoms with E-state index in [1.165, 1.54) is 14.2 Å². The average Bonchev–Trinajstić information content (AvgIpc) is 2.78. The number of ether oxygens (including phenoxy) is 2. The van der Waals surface area contributed by atoms with Crippen molar-refractivity contribution in [2.45, 2.75) is 24.8 Å². The van der Waals surface area contributed by atoms with Crippen LogP contribution < -0.4 is 26.6 Å². The van der Waals surface area contributed by atoms with Gasteiger partial charge in [0.1, 0.15) is 12.6 Å². The number of hydrogen-bond donors (Lipinski definition) is 5. The van der Waals surface area contributed by atoms with Crippen molar-refractivity contribution < 1.29 is 33.4 Å². The first kappa shape index (κ1) is 23.6. The van der Waals surface area contributed by atoms with Crippen molar-refractivity contribution in [3.8, 4) is 0 Å². The lowest BCUT2D eigenvalue weighted by molar-refractivity contribution is -0.166. The van der Waals surface area contributed by atoms with Crippen LogP contribution in [0.2, 0.25) is 0 Å². The van der Waals surface area contributed by atoms with E-state index in [1.54, 1.807) is 24.3 Å². The number of methoxy groups -OCH3 is 1. The maximum Gasteiger partial charge on any atom is 0.408 e. The zero-order valence-corrected chi connectivity index (χ0v) is 17.2. The third kappa shape index (κ3) is 6.67. The summed E-state index contributed by atoms with van der Waals surface area (Å²) in [5.41, 5.74) is -0.725. The Bertz CT molecular complexity index is 828. The van der Waals surface area contributed by atoms with Gasteiger partial charge in [-0.25, -0.2) is 4.79 Å². The topological polar surface area (TPSA) is 164 Å². The van der Waals surface area contributed by atoms with Gasteiger partial charge in [0, 0.05) is 14.2 Å². The summed E-state index contributed by atoms with van der Waals surface area (Å²) in [7, 11) is 2.65. The van der Waals surface area contributed by atoms with Gasteiger partial charge >= 0.3 is 6.09 Å². The van der Waals surface area contributed by atoms with E-state index < -0.39 is 48.0 Å². The summed E-state index contributed by atoms with van der Waals surface area (Å²) in [6.07, 6.45) is -1.27. The molecule has 12 heteroatoms. The fourth-order valence-electron chi connectivity index (χ4n) is 2.60. The highest BCUT2D eigenvalue weighted by molar-refractivity contribution is 5.97. The Hall–Kier alpha value is -3.67. The quantitative estimate of drug-likeness (QED) is 0.212. The first-order valence-electron chi connectivity index (χ1n) is 9.39. The van der Waals surface area contributed by atoms with Gasteiger partial charge in [-0.15, -0.1) is 0 Å². The van der Waals surface area contributed by atoms with Crippen LogP contribution in [0.5, 0.6) is 0 Å². The molecule has 0 saturated carbocycles. The third-order valence-electron chi connectivity index (χ3n) is 4.47. The van der Waals surface area contributed by atoms with Crippen LogP contribution in [0.1, 0.15) is 12.0 Å². The molecule has 5 amide bonds. The number of hydrogen-bond acceptors (Lipinski definition) is 7. The van der Waals surface area contributed by atoms with Gasteiger partial charge in [-0.2, -0.15) is 0 Å². The van der Waals surface area contributed by atoms with Crippen molar-refractivity contribution in [3.63, 3.8) is 0 Å². The number of alkyl carbamates (subject to hydrolysis) is 1. The molecule has 1 aliphatic heterocycles. The second-order valence-electron chi connectivity index (χ2n) is 6.62. The fraction of sp³-hybridized carbons (Fsp3) is 0.421. The van der Waals surface area contributed by atoms with E-state index in [9.17, 15) is 24.0 Å². The van der Waals surface area contributed by atoms with Crippen molar-refractivity contribution in [3.05, 3.63) is 35.9 Å². The zero-order chi connectivity index (χ0) is 22.9. The van der Waals surface area contributed by atoms with Crippen molar-refractivity contribution >= 4 is 29.7 Å². The molecule has 0 aliphatic carbocycles. The molecule has 0 aromatic heterocycles. The van der Waals surface area contributed by atoms with Gasteiger partial charge in [0.05, 0.1) is 19.5 Å². The maximum atomic E-state index is 12.4. The summed E-state index contributed by atoms with van der Waals surface area (Å²) in [4.78, 5) is 59.8. The van der Waals surface area contributed by atoms with Crippen LogP contribution >= 0.6 is 0 Å². The molecule has 1 aromatic rings. The van der Waals surface area contributed by atoms with E-state index in [-0.39, 0.29) is 19.6 Å². The number of carbonyl (C=O) groups is 5. The van der Waals surface area contributed by atoms with Crippen molar-refractivity contribution in [1.82, 2.24) is 26.6 Å². The highest BCUT2D eigenvalue weighted by Crippen LogP contribution is 2.12. The molecule has 1 aromatic carbocycles. The molecule has 1 fully saturated rings. The highest BCUT2D eigenvalue weighted by Gasteiger charge is 2.48. The molecule has 5 N–H and O–H groups in total. The molecule has 12 nitrogen and oxygen atoms in total. The van der Waals surface area contributed by atoms with Crippen LogP contribution in [0.3, 0.4) is 0 Å². The van der Waals surface area contributed by atoms with Crippen LogP contribution in [-0.4, -0.2) is 68.7 Å². The Balaban J connectivity index is 1.88. The van der Waals surface area contributed by atoms with E-state index in [0.29, 0.717) is 0 Å². The number of β-lactam (4-membered cyclic amide) rings is 1. The van der Waals surface area contributed by atoms with Crippen molar-refractivity contribution in [2.75, 3.05) is 27.2 Å². The van der Waals surface area contributed by atoms with Gasteiger partial charge in [0.15, 0.2) is 0 Å². The van der Waals surface area contributed by atoms with E-state index >= 15 is 0 Å². The molecule has 0 radical (unpaired) electrons. The van der Waals surface area contributed by atoms with Gasteiger partial charge in [-0.3, -0.25) is 19.2 Å². The van der Waals surface area contributed by atoms with Crippen LogP contribution in [0.15, 0.2) is 30.3 Å². The first-order chi connectivity index (χ1) is 14.8. The number of carbonyl (C=O) groups excluding carboxylic acids is 5. The average molecular weight is 435 g/mol. The summed E-state index contributed by atoms with van der Waals surface area (Å²) in [5.74, 6) is -2.47. The normalized spacial score (nSPS) is 17.9. The summed E-state index contributed by atoms with van der Waals surface area (Å²) in [5, 5.41) is 11.8. The zero-order valence-electron chi connectivity index (χ0n) is 17.2. The Morgan fingerprint density at radius 1 is 1.16 bits per heavy atom. The van der Waals surface area contributed by atoms with Crippen molar-refractivity contribution in [1.29, 1.82) is 0 Å². The van der Waals surface area contributed by atoms with Gasteiger partial charge in [0.2, 0.25) is 23.4 Å². The predicted molar refractivity (Wildman–Crippen MR) is 106 cm³/mol. The minimum absolute atomic E-state index is 0.0233. The third-order valence-corrected chi connectivity index (χ3v) is 4.47. The molecule has 1 saturated heterocycles. The molecule has 1 aliphatic rings. The van der Waals surface area contributed by atoms with Gasteiger partial charge < -0.3 is 36.1 Å². The minimum atomic E-state index is -1.47. The summed E-state index contributed by atoms with van der Waals surface area (Å²) in [6.45, 7) is -0.428. The lowest BCUT2D eigenvalue weighted by Crippen LogP contribution is -2.74. The molecular formula is C19H25N5O7. The van der Waals surface area contributed by atoms with Gasteiger partial charge in [0.25, 0.3) is 5.91 Å². The number of nitrogens with one attached hydrogen (secondary N) is 5. The van der Waals surface area contributed by atoms with Crippen LogP contribution in [-0.2, 0) is 35.3 Å². The lowest BCUT2D eigenvalue weighted by atomic mass is 10.1. The number of benzene rings is 1. The molecule has 0 bridgehead atoms. The van der Waals surface area contributed by atoms with E-state index in [0.717, 1.165) is 5.56 Å². The summed E-state index contributed by atoms with van der Waals surface area (Å²) >= 11 is 0. The largest absolute Gasteiger partial charge is 0.445 e. The molecule has 1 heterocycles. The number of rotatable bonds is 10. The molecule has 2 rings (SSSR count). The standard InChI is InChI=1S/C19H25N5O7/c1-20-14(25)8-13(23-18(29)31-10-12-6-4-3-5-7-12)16(27)21-9-15(26)24-19(30-2)11-22-17(19)28/h3-7,13H,8-11H2,1-2H3,(H,20,25)(H,21,27)(H,22,28)(H,23,29)(H,24,26). The van der Waals surface area contributed by atoms with Crippen LogP contribution in [0, 0.1) is 0 Å². The van der Waals surface area contributed by atoms with Crippen LogP contribution in [0.4, 0.5) is 4.79 Å². The van der Waals surface area contributed by atoms with E-state index in [2.05, 4.69) is 26.6 Å². The molecule has 168 valence electrons. The Kier molecular flexibility index (Phi) is 8.32. The van der Waals surface area contributed by atoms with Gasteiger partial charge in [-0.05, 0) is 5.56 Å². The summed E-state index contributed by atoms with van der Waals surface area (Å²) in [6, 6.07) is 7.62. The predicted octanol–water partition coefficient (Wildman–Crippen LogP) is -1.88. The van der Waals surface area contributed by atoms with E-state index in [4.69, 9.17) is 9.47 Å². The van der Waals surface area contributed by atoms with Crippen molar-refractivity contribution in [2.24, 2.45) is 0 Å². The van der Waals surface area contributed by atoms with E-state index in [1.807, 2.05) is 6.07 Å². The SMILES string of the molecule is CNC(=O)CC(NC(=O)OCc1ccccc1)C(=O)NCC(=O)NC1(OC)CNC1=O. The molecule has 2 atom stereocenters. The Morgan fingerprint density at radius 2 is 1.87 bits per heavy atom. The highest BCUT2D eigenvalue weighted by atomic mass is 16.5. The smallest absolute Gasteiger partial charge is 0.408 e. The summed E-state index contributed by atoms with van der Waals surface area (Å²) < 4.78 is 10.1. The lowest BCUT2D eigenvalue weighted by Gasteiger charge is -2.39. The van der Waals surface area contributed by atoms with Gasteiger partial charge in [-0.1, -0.05) is 30.3 Å². The number of amides is 5. The fourth-order valence-corrected chi connectivity index (χ4v) is 2.60. The first-order valence-corrected chi connectivity index (χ1v) is 9.39. The minimum Gasteiger partial charge on any atom is -0.445 e. The maximum absolute atomic E-state index is 12.4. The second-order valence-corrected chi connectivity index (χ2v) is 6.62. The Labute approximate surface area is 178 Å².